The zero-order chi connectivity index (χ0) is 45.4. The molecule has 0 fully saturated rings. The van der Waals surface area contributed by atoms with Crippen molar-refractivity contribution in [3.63, 3.8) is 0 Å². The number of benzene rings is 11. The van der Waals surface area contributed by atoms with Crippen LogP contribution in [-0.2, 0) is 0 Å². The Labute approximate surface area is 401 Å². The molecule has 3 aromatic heterocycles. The van der Waals surface area contributed by atoms with Crippen molar-refractivity contribution in [1.82, 2.24) is 0 Å². The van der Waals surface area contributed by atoms with E-state index in [9.17, 15) is 0 Å². The summed E-state index contributed by atoms with van der Waals surface area (Å²) < 4.78 is 16.2. The van der Waals surface area contributed by atoms with Gasteiger partial charge in [-0.25, -0.2) is 0 Å². The lowest BCUT2D eigenvalue weighted by atomic mass is 9.97. The first kappa shape index (κ1) is 39.3. The second-order valence-corrected chi connectivity index (χ2v) is 18.6. The number of furan rings is 2. The summed E-state index contributed by atoms with van der Waals surface area (Å²) in [4.78, 5) is 4.90. The Morgan fingerprint density at radius 2 is 0.681 bits per heavy atom. The van der Waals surface area contributed by atoms with Gasteiger partial charge in [-0.3, -0.25) is 0 Å². The second-order valence-electron chi connectivity index (χ2n) is 17.5. The first-order valence-electron chi connectivity index (χ1n) is 23.3. The lowest BCUT2D eigenvalue weighted by Crippen LogP contribution is -2.14. The minimum Gasteiger partial charge on any atom is -0.454 e. The summed E-state index contributed by atoms with van der Waals surface area (Å²) in [5.74, 6) is 0. The summed E-state index contributed by atoms with van der Waals surface area (Å²) >= 11 is 1.84. The lowest BCUT2D eigenvalue weighted by Gasteiger charge is -2.32. The number of hydrogen-bond acceptors (Lipinski definition) is 5. The fraction of sp³-hybridized carbons (Fsp3) is 0. The molecule has 0 aliphatic rings. The highest BCUT2D eigenvalue weighted by Gasteiger charge is 2.31. The van der Waals surface area contributed by atoms with Crippen molar-refractivity contribution in [2.24, 2.45) is 0 Å². The molecular formula is C64H40N2O2S. The van der Waals surface area contributed by atoms with Crippen molar-refractivity contribution in [2.45, 2.75) is 0 Å². The standard InChI is InChI=1S/C64H40N2O2S/c1-3-17-41(18-4-1)43-33-37-45(38-34-43)65(54-28-15-26-51-47-21-9-12-30-56(47)67-62(51)54)60-49-23-7-8-24-50(49)61(64-59(60)53-25-11-14-32-58(53)69-64)66(46-39-35-44(36-40-46)42-19-5-2-6-20-42)55-29-16-27-52-48-22-10-13-31-57(48)68-63(52)55/h1-40H. The van der Waals surface area contributed by atoms with E-state index in [1.807, 2.05) is 23.5 Å². The molecule has 0 radical (unpaired) electrons. The van der Waals surface area contributed by atoms with Crippen LogP contribution in [0.5, 0.6) is 0 Å². The monoisotopic (exact) mass is 900 g/mol. The highest BCUT2D eigenvalue weighted by molar-refractivity contribution is 7.26. The largest absolute Gasteiger partial charge is 0.454 e. The molecule has 14 aromatic rings. The third-order valence-corrected chi connectivity index (χ3v) is 14.8. The number of hydrogen-bond donors (Lipinski definition) is 0. The fourth-order valence-corrected chi connectivity index (χ4v) is 11.8. The molecule has 0 spiro atoms. The summed E-state index contributed by atoms with van der Waals surface area (Å²) in [5, 5.41) is 8.89. The van der Waals surface area contributed by atoms with Crippen molar-refractivity contribution >= 4 is 120 Å². The summed E-state index contributed by atoms with van der Waals surface area (Å²) in [6, 6.07) is 86.8. The molecule has 0 saturated heterocycles. The predicted molar refractivity (Wildman–Crippen MR) is 292 cm³/mol. The molecule has 14 rings (SSSR count). The topological polar surface area (TPSA) is 32.8 Å². The Bertz CT molecular complexity index is 4250. The SMILES string of the molecule is c1ccc(-c2ccc(N(c3cccc4c3oc3ccccc34)c3c4ccccc4c(N(c4ccc(-c5ccccc5)cc4)c4cccc5c4oc4ccccc45)c4c3sc3ccccc34)cc2)cc1. The van der Waals surface area contributed by atoms with Crippen LogP contribution < -0.4 is 9.80 Å². The van der Waals surface area contributed by atoms with Crippen LogP contribution in [0.25, 0.3) is 97.1 Å². The Hall–Kier alpha value is -8.90. The third kappa shape index (κ3) is 6.28. The van der Waals surface area contributed by atoms with E-state index >= 15 is 0 Å². The van der Waals surface area contributed by atoms with Gasteiger partial charge in [-0.05, 0) is 76.9 Å². The second kappa shape index (κ2) is 15.9. The van der Waals surface area contributed by atoms with Crippen LogP contribution in [0.1, 0.15) is 0 Å². The first-order valence-corrected chi connectivity index (χ1v) is 24.1. The van der Waals surface area contributed by atoms with Crippen LogP contribution in [0.2, 0.25) is 0 Å². The number of anilines is 6. The van der Waals surface area contributed by atoms with Gasteiger partial charge in [0.05, 0.1) is 27.4 Å². The van der Waals surface area contributed by atoms with E-state index in [-0.39, 0.29) is 0 Å². The van der Waals surface area contributed by atoms with E-state index in [0.29, 0.717) is 0 Å². The predicted octanol–water partition coefficient (Wildman–Crippen LogP) is 19.3. The average molecular weight is 901 g/mol. The van der Waals surface area contributed by atoms with Gasteiger partial charge in [-0.15, -0.1) is 11.3 Å². The molecule has 0 aliphatic carbocycles. The quantitative estimate of drug-likeness (QED) is 0.142. The molecule has 0 N–H and O–H groups in total. The Morgan fingerprint density at radius 1 is 0.290 bits per heavy atom. The van der Waals surface area contributed by atoms with Crippen molar-refractivity contribution in [1.29, 1.82) is 0 Å². The zero-order valence-electron chi connectivity index (χ0n) is 37.2. The van der Waals surface area contributed by atoms with E-state index in [1.54, 1.807) is 0 Å². The number of thiophene rings is 1. The van der Waals surface area contributed by atoms with Gasteiger partial charge in [0, 0.05) is 59.2 Å². The summed E-state index contributed by atoms with van der Waals surface area (Å²) in [5.41, 5.74) is 14.2. The molecule has 69 heavy (non-hydrogen) atoms. The van der Waals surface area contributed by atoms with Gasteiger partial charge in [0.1, 0.15) is 11.2 Å². The van der Waals surface area contributed by atoms with Crippen LogP contribution >= 0.6 is 11.3 Å². The van der Waals surface area contributed by atoms with Gasteiger partial charge in [0.25, 0.3) is 0 Å². The number of nitrogens with zero attached hydrogens (tertiary/aromatic N) is 2. The summed E-state index contributed by atoms with van der Waals surface area (Å²) in [6.07, 6.45) is 0. The normalized spacial score (nSPS) is 11.8. The van der Waals surface area contributed by atoms with E-state index < -0.39 is 0 Å². The van der Waals surface area contributed by atoms with E-state index in [1.165, 1.54) is 21.2 Å². The van der Waals surface area contributed by atoms with E-state index in [2.05, 4.69) is 240 Å². The molecule has 0 bridgehead atoms. The van der Waals surface area contributed by atoms with Gasteiger partial charge in [0.15, 0.2) is 11.2 Å². The van der Waals surface area contributed by atoms with Crippen molar-refractivity contribution in [3.05, 3.63) is 243 Å². The van der Waals surface area contributed by atoms with Gasteiger partial charge in [0.2, 0.25) is 0 Å². The molecule has 11 aromatic carbocycles. The molecule has 0 amide bonds. The highest BCUT2D eigenvalue weighted by Crippen LogP contribution is 2.57. The van der Waals surface area contributed by atoms with Gasteiger partial charge in [-0.1, -0.05) is 188 Å². The number of para-hydroxylation sites is 4. The minimum atomic E-state index is 0.836. The maximum Gasteiger partial charge on any atom is 0.159 e. The number of rotatable bonds is 8. The Balaban J connectivity index is 1.11. The Kier molecular flexibility index (Phi) is 9.04. The molecule has 3 heterocycles. The average Bonchev–Trinajstić information content (AvgIpc) is 4.13. The first-order chi connectivity index (χ1) is 34.2. The molecule has 0 saturated carbocycles. The van der Waals surface area contributed by atoms with Gasteiger partial charge in [-0.2, -0.15) is 0 Å². The maximum atomic E-state index is 6.92. The molecular weight excluding hydrogens is 861 g/mol. The lowest BCUT2D eigenvalue weighted by molar-refractivity contribution is 0.669. The maximum absolute atomic E-state index is 6.92. The van der Waals surface area contributed by atoms with E-state index in [4.69, 9.17) is 8.83 Å². The molecule has 0 aliphatic heterocycles. The summed E-state index contributed by atoms with van der Waals surface area (Å²) in [6.45, 7) is 0. The third-order valence-electron chi connectivity index (χ3n) is 13.6. The van der Waals surface area contributed by atoms with Crippen LogP contribution in [-0.4, -0.2) is 0 Å². The van der Waals surface area contributed by atoms with Crippen molar-refractivity contribution in [2.75, 3.05) is 9.80 Å². The Morgan fingerprint density at radius 3 is 1.20 bits per heavy atom. The molecule has 4 nitrogen and oxygen atoms in total. The van der Waals surface area contributed by atoms with Crippen LogP contribution in [0, 0.1) is 0 Å². The van der Waals surface area contributed by atoms with Crippen LogP contribution in [0.4, 0.5) is 34.1 Å². The summed E-state index contributed by atoms with van der Waals surface area (Å²) in [7, 11) is 0. The van der Waals surface area contributed by atoms with Crippen LogP contribution in [0.15, 0.2) is 251 Å². The van der Waals surface area contributed by atoms with Crippen LogP contribution in [0.3, 0.4) is 0 Å². The van der Waals surface area contributed by atoms with Crippen molar-refractivity contribution < 1.29 is 8.83 Å². The fourth-order valence-electron chi connectivity index (χ4n) is 10.5. The molecule has 324 valence electrons. The minimum absolute atomic E-state index is 0.836. The number of fused-ring (bicyclic) bond motifs is 10. The van der Waals surface area contributed by atoms with Gasteiger partial charge < -0.3 is 18.6 Å². The molecule has 0 unspecified atom stereocenters. The van der Waals surface area contributed by atoms with Crippen molar-refractivity contribution in [3.8, 4) is 22.3 Å². The smallest absolute Gasteiger partial charge is 0.159 e. The van der Waals surface area contributed by atoms with Gasteiger partial charge >= 0.3 is 0 Å². The molecule has 0 atom stereocenters. The highest BCUT2D eigenvalue weighted by atomic mass is 32.1. The van der Waals surface area contributed by atoms with E-state index in [0.717, 1.165) is 110 Å². The zero-order valence-corrected chi connectivity index (χ0v) is 38.0. The molecule has 5 heteroatoms.